The molecule has 2 N–H and O–H groups in total. The maximum atomic E-state index is 12.9. The number of hydrogen-bond acceptors (Lipinski definition) is 4. The van der Waals surface area contributed by atoms with Crippen molar-refractivity contribution in [1.29, 1.82) is 0 Å². The Labute approximate surface area is 145 Å². The first-order valence-electron chi connectivity index (χ1n) is 6.51. The van der Waals surface area contributed by atoms with Crippen LogP contribution < -0.4 is 4.72 Å². The fourth-order valence-electron chi connectivity index (χ4n) is 1.87. The van der Waals surface area contributed by atoms with Gasteiger partial charge in [0.1, 0.15) is 10.0 Å². The van der Waals surface area contributed by atoms with Crippen molar-refractivity contribution in [2.24, 2.45) is 0 Å². The van der Waals surface area contributed by atoms with Gasteiger partial charge >= 0.3 is 12.1 Å². The number of alkyl halides is 3. The van der Waals surface area contributed by atoms with Gasteiger partial charge in [-0.1, -0.05) is 11.6 Å². The molecule has 0 spiro atoms. The zero-order chi connectivity index (χ0) is 19.0. The monoisotopic (exact) mass is 394 g/mol. The zero-order valence-corrected chi connectivity index (χ0v) is 14.0. The SMILES string of the molecule is Cc1cc(S(=O)(=O)Nc2cc(C(=O)O)cc(C(F)(F)F)c2)cnc1Cl. The number of carbonyl (C=O) groups is 1. The highest BCUT2D eigenvalue weighted by molar-refractivity contribution is 7.92. The van der Waals surface area contributed by atoms with E-state index in [1.165, 1.54) is 13.0 Å². The van der Waals surface area contributed by atoms with Crippen LogP contribution in [0.5, 0.6) is 0 Å². The summed E-state index contributed by atoms with van der Waals surface area (Å²) in [5, 5.41) is 8.99. The minimum Gasteiger partial charge on any atom is -0.478 e. The highest BCUT2D eigenvalue weighted by Crippen LogP contribution is 2.32. The molecule has 0 saturated heterocycles. The quantitative estimate of drug-likeness (QED) is 0.773. The van der Waals surface area contributed by atoms with Gasteiger partial charge < -0.3 is 5.11 Å². The van der Waals surface area contributed by atoms with E-state index >= 15 is 0 Å². The summed E-state index contributed by atoms with van der Waals surface area (Å²) in [7, 11) is -4.29. The van der Waals surface area contributed by atoms with E-state index in [9.17, 15) is 26.4 Å². The van der Waals surface area contributed by atoms with E-state index in [0.29, 0.717) is 17.7 Å². The van der Waals surface area contributed by atoms with Gasteiger partial charge in [-0.15, -0.1) is 0 Å². The predicted octanol–water partition coefficient (Wildman–Crippen LogP) is 3.56. The van der Waals surface area contributed by atoms with Crippen LogP contribution in [0.3, 0.4) is 0 Å². The van der Waals surface area contributed by atoms with Crippen molar-refractivity contribution < 1.29 is 31.5 Å². The number of carboxylic acid groups (broad SMARTS) is 1. The van der Waals surface area contributed by atoms with Crippen LogP contribution in [0.4, 0.5) is 18.9 Å². The van der Waals surface area contributed by atoms with E-state index in [0.717, 1.165) is 12.3 Å². The number of nitrogens with one attached hydrogen (secondary N) is 1. The molecule has 25 heavy (non-hydrogen) atoms. The van der Waals surface area contributed by atoms with Crippen molar-refractivity contribution in [3.63, 3.8) is 0 Å². The molecule has 0 aliphatic carbocycles. The highest BCUT2D eigenvalue weighted by atomic mass is 35.5. The molecule has 0 aliphatic rings. The number of aromatic carboxylic acids is 1. The van der Waals surface area contributed by atoms with Crippen molar-refractivity contribution in [3.05, 3.63) is 52.3 Å². The summed E-state index contributed by atoms with van der Waals surface area (Å²) in [5.41, 5.74) is -2.20. The number of anilines is 1. The number of aryl methyl sites for hydroxylation is 1. The topological polar surface area (TPSA) is 96.4 Å². The fraction of sp³-hybridized carbons (Fsp3) is 0.143. The lowest BCUT2D eigenvalue weighted by atomic mass is 10.1. The number of aromatic nitrogens is 1. The molecule has 11 heteroatoms. The molecule has 2 aromatic rings. The molecule has 1 aromatic heterocycles. The second-order valence-electron chi connectivity index (χ2n) is 4.99. The first kappa shape index (κ1) is 19.0. The van der Waals surface area contributed by atoms with Gasteiger partial charge in [-0.05, 0) is 36.8 Å². The lowest BCUT2D eigenvalue weighted by Crippen LogP contribution is -2.15. The van der Waals surface area contributed by atoms with E-state index in [1.807, 2.05) is 4.72 Å². The predicted molar refractivity (Wildman–Crippen MR) is 83.2 cm³/mol. The fourth-order valence-corrected chi connectivity index (χ4v) is 3.04. The Balaban J connectivity index is 2.49. The van der Waals surface area contributed by atoms with Gasteiger partial charge in [0.2, 0.25) is 0 Å². The first-order chi connectivity index (χ1) is 11.4. The van der Waals surface area contributed by atoms with Gasteiger partial charge in [0, 0.05) is 6.20 Å². The molecule has 0 fully saturated rings. The number of rotatable bonds is 4. The summed E-state index contributed by atoms with van der Waals surface area (Å²) in [6, 6.07) is 2.88. The third-order valence-corrected chi connectivity index (χ3v) is 4.80. The molecule has 0 atom stereocenters. The Morgan fingerprint density at radius 3 is 2.40 bits per heavy atom. The molecule has 1 aromatic carbocycles. The largest absolute Gasteiger partial charge is 0.478 e. The smallest absolute Gasteiger partial charge is 0.416 e. The molecule has 0 radical (unpaired) electrons. The van der Waals surface area contributed by atoms with Crippen molar-refractivity contribution in [3.8, 4) is 0 Å². The van der Waals surface area contributed by atoms with E-state index in [-0.39, 0.29) is 10.0 Å². The van der Waals surface area contributed by atoms with E-state index in [2.05, 4.69) is 4.98 Å². The van der Waals surface area contributed by atoms with Gasteiger partial charge in [-0.3, -0.25) is 4.72 Å². The number of hydrogen-bond donors (Lipinski definition) is 2. The molecule has 0 saturated carbocycles. The maximum absolute atomic E-state index is 12.9. The Kier molecular flexibility index (Phi) is 4.96. The van der Waals surface area contributed by atoms with Gasteiger partial charge in [0.15, 0.2) is 0 Å². The van der Waals surface area contributed by atoms with Crippen LogP contribution in [0.1, 0.15) is 21.5 Å². The maximum Gasteiger partial charge on any atom is 0.416 e. The number of sulfonamides is 1. The zero-order valence-electron chi connectivity index (χ0n) is 12.4. The van der Waals surface area contributed by atoms with Crippen LogP contribution >= 0.6 is 11.6 Å². The molecule has 0 aliphatic heterocycles. The highest BCUT2D eigenvalue weighted by Gasteiger charge is 2.32. The minimum atomic E-state index is -4.84. The Bertz CT molecular complexity index is 946. The summed E-state index contributed by atoms with van der Waals surface area (Å²) in [4.78, 5) is 14.3. The molecule has 134 valence electrons. The molecular formula is C14H10ClF3N2O4S. The number of carboxylic acids is 1. The van der Waals surface area contributed by atoms with Crippen LogP contribution in [0, 0.1) is 6.92 Å². The number of benzene rings is 1. The molecule has 1 heterocycles. The van der Waals surface area contributed by atoms with Crippen LogP contribution in [0.25, 0.3) is 0 Å². The van der Waals surface area contributed by atoms with Crippen molar-refractivity contribution in [2.45, 2.75) is 18.0 Å². The second kappa shape index (κ2) is 6.52. The molecule has 2 rings (SSSR count). The van der Waals surface area contributed by atoms with Crippen LogP contribution in [0.2, 0.25) is 5.15 Å². The van der Waals surface area contributed by atoms with Crippen molar-refractivity contribution >= 4 is 33.3 Å². The average molecular weight is 395 g/mol. The third kappa shape index (κ3) is 4.40. The number of pyridine rings is 1. The van der Waals surface area contributed by atoms with Crippen molar-refractivity contribution in [2.75, 3.05) is 4.72 Å². The Hall–Kier alpha value is -2.33. The first-order valence-corrected chi connectivity index (χ1v) is 8.37. The summed E-state index contributed by atoms with van der Waals surface area (Å²) in [6.07, 6.45) is -3.91. The molecule has 6 nitrogen and oxygen atoms in total. The van der Waals surface area contributed by atoms with Gasteiger partial charge in [0.05, 0.1) is 16.8 Å². The van der Waals surface area contributed by atoms with Crippen LogP contribution in [-0.2, 0) is 16.2 Å². The average Bonchev–Trinajstić information content (AvgIpc) is 2.48. The summed E-state index contributed by atoms with van der Waals surface area (Å²) in [6.45, 7) is 1.50. The van der Waals surface area contributed by atoms with E-state index in [1.54, 1.807) is 0 Å². The van der Waals surface area contributed by atoms with Crippen LogP contribution in [-0.4, -0.2) is 24.5 Å². The summed E-state index contributed by atoms with van der Waals surface area (Å²) in [5.74, 6) is -1.63. The lowest BCUT2D eigenvalue weighted by Gasteiger charge is -2.13. The van der Waals surface area contributed by atoms with Gasteiger partial charge in [0.25, 0.3) is 10.0 Å². The van der Waals surface area contributed by atoms with E-state index < -0.39 is 39.0 Å². The number of nitrogens with zero attached hydrogens (tertiary/aromatic N) is 1. The van der Waals surface area contributed by atoms with Gasteiger partial charge in [-0.25, -0.2) is 18.2 Å². The molecule has 0 unspecified atom stereocenters. The van der Waals surface area contributed by atoms with Gasteiger partial charge in [-0.2, -0.15) is 13.2 Å². The van der Waals surface area contributed by atoms with Crippen LogP contribution in [0.15, 0.2) is 35.4 Å². The summed E-state index contributed by atoms with van der Waals surface area (Å²) >= 11 is 5.70. The molecule has 0 bridgehead atoms. The molecule has 0 amide bonds. The van der Waals surface area contributed by atoms with Crippen molar-refractivity contribution in [1.82, 2.24) is 4.98 Å². The third-order valence-electron chi connectivity index (χ3n) is 3.06. The summed E-state index contributed by atoms with van der Waals surface area (Å²) < 4.78 is 65.1. The normalized spacial score (nSPS) is 12.0. The molecular weight excluding hydrogens is 385 g/mol. The lowest BCUT2D eigenvalue weighted by molar-refractivity contribution is -0.137. The van der Waals surface area contributed by atoms with E-state index in [4.69, 9.17) is 16.7 Å². The Morgan fingerprint density at radius 1 is 1.24 bits per heavy atom. The Morgan fingerprint density at radius 2 is 1.88 bits per heavy atom. The minimum absolute atomic E-state index is 0.0752. The standard InChI is InChI=1S/C14H10ClF3N2O4S/c1-7-2-11(6-19-12(7)15)25(23,24)20-10-4-8(13(21)22)3-9(5-10)14(16,17)18/h2-6,20H,1H3,(H,21,22). The second-order valence-corrected chi connectivity index (χ2v) is 7.03. The number of halogens is 4.